The summed E-state index contributed by atoms with van der Waals surface area (Å²) in [5, 5.41) is 2.25. The number of para-hydroxylation sites is 1. The maximum Gasteiger partial charge on any atom is 0.266 e. The molecule has 0 saturated carbocycles. The third-order valence-electron chi connectivity index (χ3n) is 5.72. The molecule has 0 aliphatic carbocycles. The number of hydrogen-bond donors (Lipinski definition) is 0. The first kappa shape index (κ1) is 20.8. The van der Waals surface area contributed by atoms with Crippen molar-refractivity contribution < 1.29 is 19.2 Å². The van der Waals surface area contributed by atoms with Gasteiger partial charge in [0.05, 0.1) is 34.6 Å². The normalized spacial score (nSPS) is 22.4. The van der Waals surface area contributed by atoms with Crippen molar-refractivity contribution in [1.29, 1.82) is 0 Å². The molecule has 2 amide bonds. The average Bonchev–Trinajstić information content (AvgIpc) is 3.32. The highest BCUT2D eigenvalue weighted by Crippen LogP contribution is 2.48. The van der Waals surface area contributed by atoms with Crippen molar-refractivity contribution in [2.24, 2.45) is 5.92 Å². The summed E-state index contributed by atoms with van der Waals surface area (Å²) in [7, 11) is 1.58. The maximum absolute atomic E-state index is 13.6. The van der Waals surface area contributed by atoms with Crippen molar-refractivity contribution in [1.82, 2.24) is 0 Å². The summed E-state index contributed by atoms with van der Waals surface area (Å²) in [5.41, 5.74) is 1.91. The fourth-order valence-corrected chi connectivity index (χ4v) is 4.55. The molecule has 0 aromatic heterocycles. The monoisotopic (exact) mass is 468 g/mol. The number of halogens is 2. The van der Waals surface area contributed by atoms with E-state index < -0.39 is 24.0 Å². The van der Waals surface area contributed by atoms with E-state index in [0.717, 1.165) is 16.2 Å². The van der Waals surface area contributed by atoms with Crippen molar-refractivity contribution in [3.05, 3.63) is 88.4 Å². The minimum Gasteiger partial charge on any atom is -0.497 e. The van der Waals surface area contributed by atoms with Crippen LogP contribution in [0, 0.1) is 5.92 Å². The number of hydrogen-bond acceptors (Lipinski definition) is 5. The number of nitrogens with zero attached hydrogens (tertiary/aromatic N) is 2. The Morgan fingerprint density at radius 3 is 2.34 bits per heavy atom. The molecule has 0 radical (unpaired) electrons. The second kappa shape index (κ2) is 8.13. The lowest BCUT2D eigenvalue weighted by molar-refractivity contribution is -0.126. The van der Waals surface area contributed by atoms with Gasteiger partial charge in [-0.15, -0.1) is 0 Å². The molecule has 2 fully saturated rings. The van der Waals surface area contributed by atoms with E-state index in [9.17, 15) is 9.59 Å². The van der Waals surface area contributed by atoms with E-state index in [1.165, 1.54) is 6.07 Å². The number of hydroxylamine groups is 1. The van der Waals surface area contributed by atoms with Crippen LogP contribution in [-0.4, -0.2) is 25.0 Å². The minimum absolute atomic E-state index is 0.262. The van der Waals surface area contributed by atoms with Crippen LogP contribution in [0.4, 0.5) is 11.4 Å². The summed E-state index contributed by atoms with van der Waals surface area (Å²) in [6.45, 7) is 0. The number of carbonyl (C=O) groups excluding carboxylic acids is 2. The Balaban J connectivity index is 1.59. The Hall–Kier alpha value is -3.06. The Labute approximate surface area is 194 Å². The lowest BCUT2D eigenvalue weighted by atomic mass is 9.90. The van der Waals surface area contributed by atoms with Gasteiger partial charge in [0.1, 0.15) is 11.7 Å². The molecule has 162 valence electrons. The highest BCUT2D eigenvalue weighted by molar-refractivity contribution is 6.42. The third kappa shape index (κ3) is 3.32. The summed E-state index contributed by atoms with van der Waals surface area (Å²) in [5.74, 6) is -0.893. The van der Waals surface area contributed by atoms with Crippen LogP contribution in [0.2, 0.25) is 10.0 Å². The van der Waals surface area contributed by atoms with Gasteiger partial charge in [-0.2, -0.15) is 0 Å². The number of ether oxygens (including phenoxy) is 1. The number of benzene rings is 3. The quantitative estimate of drug-likeness (QED) is 0.501. The van der Waals surface area contributed by atoms with E-state index in [0.29, 0.717) is 16.5 Å². The van der Waals surface area contributed by atoms with Crippen molar-refractivity contribution in [3.63, 3.8) is 0 Å². The number of fused-ring (bicyclic) bond motifs is 1. The maximum atomic E-state index is 13.6. The number of imide groups is 1. The van der Waals surface area contributed by atoms with Crippen LogP contribution in [-0.2, 0) is 14.4 Å². The molecular weight excluding hydrogens is 451 g/mol. The fraction of sp³-hybridized carbons (Fsp3) is 0.167. The van der Waals surface area contributed by atoms with Gasteiger partial charge in [0, 0.05) is 0 Å². The molecule has 2 aliphatic rings. The molecule has 8 heteroatoms. The van der Waals surface area contributed by atoms with E-state index in [-0.39, 0.29) is 10.9 Å². The lowest BCUT2D eigenvalue weighted by Gasteiger charge is -2.29. The molecule has 3 aromatic carbocycles. The number of anilines is 2. The smallest absolute Gasteiger partial charge is 0.266 e. The predicted molar refractivity (Wildman–Crippen MR) is 122 cm³/mol. The van der Waals surface area contributed by atoms with E-state index >= 15 is 0 Å². The second-order valence-corrected chi connectivity index (χ2v) is 8.36. The van der Waals surface area contributed by atoms with Gasteiger partial charge >= 0.3 is 0 Å². The van der Waals surface area contributed by atoms with Gasteiger partial charge in [0.15, 0.2) is 6.10 Å². The van der Waals surface area contributed by atoms with Crippen molar-refractivity contribution in [2.75, 3.05) is 17.1 Å². The first-order chi connectivity index (χ1) is 15.5. The number of carbonyl (C=O) groups is 2. The van der Waals surface area contributed by atoms with Gasteiger partial charge in [-0.1, -0.05) is 53.5 Å². The topological polar surface area (TPSA) is 59.1 Å². The van der Waals surface area contributed by atoms with Gasteiger partial charge in [0.25, 0.3) is 5.91 Å². The Morgan fingerprint density at radius 1 is 0.844 bits per heavy atom. The van der Waals surface area contributed by atoms with Crippen LogP contribution in [0.25, 0.3) is 0 Å². The highest BCUT2D eigenvalue weighted by Gasteiger charge is 2.60. The average molecular weight is 469 g/mol. The largest absolute Gasteiger partial charge is 0.497 e. The first-order valence-electron chi connectivity index (χ1n) is 9.97. The zero-order chi connectivity index (χ0) is 22.4. The van der Waals surface area contributed by atoms with Gasteiger partial charge in [-0.3, -0.25) is 14.4 Å². The summed E-state index contributed by atoms with van der Waals surface area (Å²) in [4.78, 5) is 34.2. The van der Waals surface area contributed by atoms with Crippen molar-refractivity contribution in [3.8, 4) is 5.75 Å². The molecule has 0 bridgehead atoms. The Morgan fingerprint density at radius 2 is 1.62 bits per heavy atom. The van der Waals surface area contributed by atoms with Gasteiger partial charge < -0.3 is 4.74 Å². The molecule has 2 heterocycles. The SMILES string of the molecule is COc1cccc([C@@H]2[C@H]3C(=O)N(c4ccc(Cl)c(Cl)c4)C(=O)[C@@H]3ON2c2ccccc2)c1. The molecule has 2 aliphatic heterocycles. The first-order valence-corrected chi connectivity index (χ1v) is 10.7. The third-order valence-corrected chi connectivity index (χ3v) is 6.46. The van der Waals surface area contributed by atoms with Gasteiger partial charge in [-0.05, 0) is 48.0 Å². The lowest BCUT2D eigenvalue weighted by Crippen LogP contribution is -2.37. The van der Waals surface area contributed by atoms with E-state index in [1.807, 2.05) is 54.6 Å². The van der Waals surface area contributed by atoms with Crippen LogP contribution in [0.3, 0.4) is 0 Å². The molecule has 5 rings (SSSR count). The van der Waals surface area contributed by atoms with E-state index in [2.05, 4.69) is 0 Å². The number of amides is 2. The van der Waals surface area contributed by atoms with E-state index in [1.54, 1.807) is 24.3 Å². The molecule has 3 aromatic rings. The summed E-state index contributed by atoms with van der Waals surface area (Å²) in [6.07, 6.45) is -0.964. The molecular formula is C24H18Cl2N2O4. The number of rotatable bonds is 4. The summed E-state index contributed by atoms with van der Waals surface area (Å²) >= 11 is 12.1. The minimum atomic E-state index is -0.964. The summed E-state index contributed by atoms with van der Waals surface area (Å²) in [6, 6.07) is 21.0. The Kier molecular flexibility index (Phi) is 5.29. The highest BCUT2D eigenvalue weighted by atomic mass is 35.5. The standard InChI is InChI=1S/C24H18Cl2N2O4/c1-31-17-9-5-6-14(12-17)21-20-22(32-28(21)15-7-3-2-4-8-15)24(30)27(23(20)29)16-10-11-18(25)19(26)13-16/h2-13,20-22H,1H3/t20-,21-,22-/m1/s1. The van der Waals surface area contributed by atoms with Gasteiger partial charge in [-0.25, -0.2) is 9.96 Å². The number of methoxy groups -OCH3 is 1. The van der Waals surface area contributed by atoms with Crippen LogP contribution < -0.4 is 14.7 Å². The zero-order valence-electron chi connectivity index (χ0n) is 16.9. The molecule has 32 heavy (non-hydrogen) atoms. The van der Waals surface area contributed by atoms with Crippen LogP contribution >= 0.6 is 23.2 Å². The van der Waals surface area contributed by atoms with Crippen molar-refractivity contribution >= 4 is 46.4 Å². The fourth-order valence-electron chi connectivity index (χ4n) is 4.26. The second-order valence-electron chi connectivity index (χ2n) is 7.54. The van der Waals surface area contributed by atoms with Crippen LogP contribution in [0.1, 0.15) is 11.6 Å². The van der Waals surface area contributed by atoms with E-state index in [4.69, 9.17) is 32.8 Å². The molecule has 6 nitrogen and oxygen atoms in total. The van der Waals surface area contributed by atoms with Crippen LogP contribution in [0.15, 0.2) is 72.8 Å². The summed E-state index contributed by atoms with van der Waals surface area (Å²) < 4.78 is 5.38. The Bertz CT molecular complexity index is 1200. The molecule has 0 unspecified atom stereocenters. The zero-order valence-corrected chi connectivity index (χ0v) is 18.5. The molecule has 3 atom stereocenters. The molecule has 0 N–H and O–H groups in total. The predicted octanol–water partition coefficient (Wildman–Crippen LogP) is 5.05. The van der Waals surface area contributed by atoms with Crippen LogP contribution in [0.5, 0.6) is 5.75 Å². The van der Waals surface area contributed by atoms with Crippen molar-refractivity contribution in [2.45, 2.75) is 12.1 Å². The molecule has 2 saturated heterocycles. The van der Waals surface area contributed by atoms with Gasteiger partial charge in [0.2, 0.25) is 5.91 Å². The molecule has 0 spiro atoms.